The predicted octanol–water partition coefficient (Wildman–Crippen LogP) is 2.58. The van der Waals surface area contributed by atoms with Gasteiger partial charge in [-0.1, -0.05) is 17.7 Å². The number of nitrogens with two attached hydrogens (primary N) is 1. The van der Waals surface area contributed by atoms with Crippen molar-refractivity contribution >= 4 is 11.6 Å². The number of hydrogen-bond acceptors (Lipinski definition) is 4. The molecule has 1 aromatic heterocycles. The second-order valence-electron chi connectivity index (χ2n) is 5.48. The molecular formula is C16H17FN4. The highest BCUT2D eigenvalue weighted by atomic mass is 19.1. The lowest BCUT2D eigenvalue weighted by Gasteiger charge is -2.35. The summed E-state index contributed by atoms with van der Waals surface area (Å²) in [5, 5.41) is 0. The summed E-state index contributed by atoms with van der Waals surface area (Å²) >= 11 is 0. The molecule has 21 heavy (non-hydrogen) atoms. The van der Waals surface area contributed by atoms with Gasteiger partial charge in [-0.15, -0.1) is 0 Å². The summed E-state index contributed by atoms with van der Waals surface area (Å²) in [6.45, 7) is 4.54. The molecule has 3 rings (SSSR count). The van der Waals surface area contributed by atoms with Gasteiger partial charge in [0.25, 0.3) is 0 Å². The first-order chi connectivity index (χ1) is 10.0. The Morgan fingerprint density at radius 2 is 1.90 bits per heavy atom. The van der Waals surface area contributed by atoms with Crippen molar-refractivity contribution < 1.29 is 4.39 Å². The number of nitrogens with zero attached hydrogens (tertiary/aromatic N) is 3. The van der Waals surface area contributed by atoms with E-state index in [0.29, 0.717) is 12.5 Å². The van der Waals surface area contributed by atoms with E-state index < -0.39 is 5.54 Å². The lowest BCUT2D eigenvalue weighted by atomic mass is 9.95. The fraction of sp³-hybridized carbons (Fsp3) is 0.250. The Kier molecular flexibility index (Phi) is 3.12. The zero-order valence-corrected chi connectivity index (χ0v) is 12.0. The summed E-state index contributed by atoms with van der Waals surface area (Å²) in [5.74, 6) is 0.101. The number of halogens is 1. The SMILES string of the molecule is Cc1ccc(N2C(N)=NCC2(C)c2ccc(F)cn2)cc1. The van der Waals surface area contributed by atoms with Crippen LogP contribution in [-0.4, -0.2) is 17.5 Å². The van der Waals surface area contributed by atoms with Gasteiger partial charge in [0.1, 0.15) is 11.4 Å². The third-order valence-electron chi connectivity index (χ3n) is 3.84. The van der Waals surface area contributed by atoms with Gasteiger partial charge in [0.2, 0.25) is 0 Å². The highest BCUT2D eigenvalue weighted by Crippen LogP contribution is 2.35. The molecule has 0 saturated carbocycles. The Morgan fingerprint density at radius 3 is 2.52 bits per heavy atom. The third kappa shape index (κ3) is 2.24. The number of benzene rings is 1. The molecule has 1 unspecified atom stereocenters. The maximum atomic E-state index is 13.1. The second-order valence-corrected chi connectivity index (χ2v) is 5.48. The quantitative estimate of drug-likeness (QED) is 0.922. The first-order valence-electron chi connectivity index (χ1n) is 6.79. The zero-order chi connectivity index (χ0) is 15.0. The van der Waals surface area contributed by atoms with Crippen molar-refractivity contribution in [1.82, 2.24) is 4.98 Å². The molecule has 0 saturated heterocycles. The van der Waals surface area contributed by atoms with Crippen LogP contribution in [-0.2, 0) is 5.54 Å². The van der Waals surface area contributed by atoms with Crippen molar-refractivity contribution in [2.24, 2.45) is 10.7 Å². The van der Waals surface area contributed by atoms with Gasteiger partial charge in [-0.05, 0) is 38.1 Å². The molecule has 0 radical (unpaired) electrons. The fourth-order valence-electron chi connectivity index (χ4n) is 2.63. The van der Waals surface area contributed by atoms with Gasteiger partial charge >= 0.3 is 0 Å². The third-order valence-corrected chi connectivity index (χ3v) is 3.84. The minimum absolute atomic E-state index is 0.351. The van der Waals surface area contributed by atoms with Gasteiger partial charge in [-0.3, -0.25) is 14.9 Å². The number of rotatable bonds is 2. The van der Waals surface area contributed by atoms with Crippen LogP contribution in [0, 0.1) is 12.7 Å². The Labute approximate surface area is 123 Å². The molecule has 5 heteroatoms. The highest BCUT2D eigenvalue weighted by molar-refractivity contribution is 5.98. The molecule has 1 aromatic carbocycles. The number of guanidine groups is 1. The number of aryl methyl sites for hydroxylation is 1. The molecule has 0 aliphatic carbocycles. The van der Waals surface area contributed by atoms with Crippen LogP contribution in [0.1, 0.15) is 18.2 Å². The maximum absolute atomic E-state index is 13.1. The molecule has 0 bridgehead atoms. The summed E-state index contributed by atoms with van der Waals surface area (Å²) in [6, 6.07) is 11.2. The number of aromatic nitrogens is 1. The monoisotopic (exact) mass is 284 g/mol. The van der Waals surface area contributed by atoms with Crippen molar-refractivity contribution in [3.8, 4) is 0 Å². The Balaban J connectivity index is 2.05. The van der Waals surface area contributed by atoms with Crippen molar-refractivity contribution in [2.45, 2.75) is 19.4 Å². The largest absolute Gasteiger partial charge is 0.369 e. The van der Waals surface area contributed by atoms with Crippen LogP contribution in [0.15, 0.2) is 47.6 Å². The van der Waals surface area contributed by atoms with E-state index in [2.05, 4.69) is 9.98 Å². The fourth-order valence-corrected chi connectivity index (χ4v) is 2.63. The normalized spacial score (nSPS) is 21.5. The van der Waals surface area contributed by atoms with Crippen LogP contribution < -0.4 is 10.6 Å². The molecule has 1 aliphatic rings. The Morgan fingerprint density at radius 1 is 1.19 bits per heavy atom. The molecule has 108 valence electrons. The molecule has 0 fully saturated rings. The number of aliphatic imine (C=N–C) groups is 1. The van der Waals surface area contributed by atoms with E-state index in [1.165, 1.54) is 17.8 Å². The second kappa shape index (κ2) is 4.84. The maximum Gasteiger partial charge on any atom is 0.196 e. The zero-order valence-electron chi connectivity index (χ0n) is 12.0. The minimum atomic E-state index is -0.507. The van der Waals surface area contributed by atoms with Gasteiger partial charge in [-0.25, -0.2) is 4.39 Å². The first-order valence-corrected chi connectivity index (χ1v) is 6.79. The van der Waals surface area contributed by atoms with Crippen LogP contribution in [0.25, 0.3) is 0 Å². The minimum Gasteiger partial charge on any atom is -0.369 e. The Hall–Kier alpha value is -2.43. The van der Waals surface area contributed by atoms with E-state index in [9.17, 15) is 4.39 Å². The van der Waals surface area contributed by atoms with E-state index in [-0.39, 0.29) is 5.82 Å². The molecule has 2 heterocycles. The van der Waals surface area contributed by atoms with E-state index >= 15 is 0 Å². The molecule has 0 amide bonds. The lowest BCUT2D eigenvalue weighted by molar-refractivity contribution is 0.511. The van der Waals surface area contributed by atoms with E-state index in [1.807, 2.05) is 43.0 Å². The highest BCUT2D eigenvalue weighted by Gasteiger charge is 2.41. The van der Waals surface area contributed by atoms with Gasteiger partial charge in [0.05, 0.1) is 18.4 Å². The molecule has 4 nitrogen and oxygen atoms in total. The average molecular weight is 284 g/mol. The molecule has 2 aromatic rings. The molecule has 0 spiro atoms. The lowest BCUT2D eigenvalue weighted by Crippen LogP contribution is -2.48. The molecule has 1 atom stereocenters. The predicted molar refractivity (Wildman–Crippen MR) is 81.7 cm³/mol. The van der Waals surface area contributed by atoms with Crippen molar-refractivity contribution in [3.63, 3.8) is 0 Å². The van der Waals surface area contributed by atoms with Crippen molar-refractivity contribution in [2.75, 3.05) is 11.4 Å². The van der Waals surface area contributed by atoms with E-state index in [0.717, 1.165) is 11.4 Å². The number of anilines is 1. The van der Waals surface area contributed by atoms with Crippen LogP contribution >= 0.6 is 0 Å². The van der Waals surface area contributed by atoms with Gasteiger partial charge in [0, 0.05) is 5.69 Å². The summed E-state index contributed by atoms with van der Waals surface area (Å²) in [5.41, 5.74) is 8.43. The summed E-state index contributed by atoms with van der Waals surface area (Å²) in [6.07, 6.45) is 1.22. The van der Waals surface area contributed by atoms with Crippen LogP contribution in [0.3, 0.4) is 0 Å². The standard InChI is InChI=1S/C16H17FN4/c1-11-3-6-13(7-4-11)21-15(18)20-10-16(21,2)14-8-5-12(17)9-19-14/h3-9H,10H2,1-2H3,(H2,18,20). The van der Waals surface area contributed by atoms with Crippen LogP contribution in [0.2, 0.25) is 0 Å². The van der Waals surface area contributed by atoms with Crippen molar-refractivity contribution in [3.05, 3.63) is 59.7 Å². The summed E-state index contributed by atoms with van der Waals surface area (Å²) < 4.78 is 13.1. The van der Waals surface area contributed by atoms with Gasteiger partial charge < -0.3 is 5.73 Å². The van der Waals surface area contributed by atoms with Crippen molar-refractivity contribution in [1.29, 1.82) is 0 Å². The molecular weight excluding hydrogens is 267 g/mol. The summed E-state index contributed by atoms with van der Waals surface area (Å²) in [4.78, 5) is 10.5. The topological polar surface area (TPSA) is 54.5 Å². The number of hydrogen-bond donors (Lipinski definition) is 1. The Bertz CT molecular complexity index is 678. The van der Waals surface area contributed by atoms with E-state index in [4.69, 9.17) is 5.73 Å². The van der Waals surface area contributed by atoms with E-state index in [1.54, 1.807) is 6.07 Å². The van der Waals surface area contributed by atoms with Crippen LogP contribution in [0.4, 0.5) is 10.1 Å². The average Bonchev–Trinajstić information content (AvgIpc) is 2.78. The first kappa shape index (κ1) is 13.5. The van der Waals surface area contributed by atoms with Crippen LogP contribution in [0.5, 0.6) is 0 Å². The number of pyridine rings is 1. The van der Waals surface area contributed by atoms with Gasteiger partial charge in [0.15, 0.2) is 5.96 Å². The van der Waals surface area contributed by atoms with Gasteiger partial charge in [-0.2, -0.15) is 0 Å². The summed E-state index contributed by atoms with van der Waals surface area (Å²) in [7, 11) is 0. The molecule has 2 N–H and O–H groups in total. The molecule has 1 aliphatic heterocycles. The smallest absolute Gasteiger partial charge is 0.196 e.